The predicted octanol–water partition coefficient (Wildman–Crippen LogP) is 1.84. The van der Waals surface area contributed by atoms with Crippen molar-refractivity contribution in [3.8, 4) is 0 Å². The fraction of sp³-hybridized carbons (Fsp3) is 0.538. The predicted molar refractivity (Wildman–Crippen MR) is 70.7 cm³/mol. The molecule has 0 unspecified atom stereocenters. The van der Waals surface area contributed by atoms with Gasteiger partial charge in [0.2, 0.25) is 0 Å². The Kier molecular flexibility index (Phi) is 3.76. The highest BCUT2D eigenvalue weighted by molar-refractivity contribution is 5.94. The maximum atomic E-state index is 12.2. The van der Waals surface area contributed by atoms with Gasteiger partial charge in [0, 0.05) is 17.7 Å². The van der Waals surface area contributed by atoms with Crippen LogP contribution in [-0.2, 0) is 12.0 Å². The van der Waals surface area contributed by atoms with Gasteiger partial charge >= 0.3 is 0 Å². The first kappa shape index (κ1) is 13.5. The zero-order valence-electron chi connectivity index (χ0n) is 11.0. The standard InChI is InChI=1S/C13H21N3O/c1-5-8-16-10(13(2,3)4)7-6-9(11(14)15)12(16)17/h6-7H,5,8H2,1-4H3,(H3,14,15). The van der Waals surface area contributed by atoms with E-state index in [-0.39, 0.29) is 22.4 Å². The Labute approximate surface area is 102 Å². The van der Waals surface area contributed by atoms with Crippen LogP contribution in [0.1, 0.15) is 45.4 Å². The van der Waals surface area contributed by atoms with Gasteiger partial charge in [-0.1, -0.05) is 27.7 Å². The highest BCUT2D eigenvalue weighted by Crippen LogP contribution is 2.21. The summed E-state index contributed by atoms with van der Waals surface area (Å²) in [7, 11) is 0. The lowest BCUT2D eigenvalue weighted by molar-refractivity contribution is 0.497. The van der Waals surface area contributed by atoms with Gasteiger partial charge in [-0.05, 0) is 18.6 Å². The number of amidine groups is 1. The normalized spacial score (nSPS) is 11.5. The summed E-state index contributed by atoms with van der Waals surface area (Å²) in [5, 5.41) is 7.40. The number of pyridine rings is 1. The number of rotatable bonds is 3. The summed E-state index contributed by atoms with van der Waals surface area (Å²) in [6, 6.07) is 3.55. The second-order valence-electron chi connectivity index (χ2n) is 5.25. The van der Waals surface area contributed by atoms with E-state index in [9.17, 15) is 4.79 Å². The molecule has 94 valence electrons. The van der Waals surface area contributed by atoms with Gasteiger partial charge in [0.25, 0.3) is 5.56 Å². The summed E-state index contributed by atoms with van der Waals surface area (Å²) in [5.41, 5.74) is 6.42. The summed E-state index contributed by atoms with van der Waals surface area (Å²) in [5.74, 6) is -0.166. The van der Waals surface area contributed by atoms with Crippen LogP contribution in [0.15, 0.2) is 16.9 Å². The fourth-order valence-corrected chi connectivity index (χ4v) is 1.88. The second-order valence-corrected chi connectivity index (χ2v) is 5.25. The van der Waals surface area contributed by atoms with Crippen LogP contribution >= 0.6 is 0 Å². The first-order chi connectivity index (χ1) is 7.79. The summed E-state index contributed by atoms with van der Waals surface area (Å²) < 4.78 is 1.73. The molecule has 0 aliphatic carbocycles. The molecular formula is C13H21N3O. The van der Waals surface area contributed by atoms with Crippen molar-refractivity contribution < 1.29 is 0 Å². The lowest BCUT2D eigenvalue weighted by Crippen LogP contribution is -2.34. The van der Waals surface area contributed by atoms with Crippen molar-refractivity contribution >= 4 is 5.84 Å². The summed E-state index contributed by atoms with van der Waals surface area (Å²) in [4.78, 5) is 12.2. The minimum Gasteiger partial charge on any atom is -0.384 e. The van der Waals surface area contributed by atoms with Crippen molar-refractivity contribution in [3.63, 3.8) is 0 Å². The average Bonchev–Trinajstić information content (AvgIpc) is 2.18. The van der Waals surface area contributed by atoms with Gasteiger partial charge in [0.15, 0.2) is 0 Å². The van der Waals surface area contributed by atoms with Gasteiger partial charge in [-0.25, -0.2) is 0 Å². The monoisotopic (exact) mass is 235 g/mol. The van der Waals surface area contributed by atoms with Crippen LogP contribution < -0.4 is 11.3 Å². The summed E-state index contributed by atoms with van der Waals surface area (Å²) >= 11 is 0. The minimum atomic E-state index is -0.166. The van der Waals surface area contributed by atoms with E-state index in [0.29, 0.717) is 6.54 Å². The largest absolute Gasteiger partial charge is 0.384 e. The lowest BCUT2D eigenvalue weighted by atomic mass is 9.90. The Morgan fingerprint density at radius 1 is 1.41 bits per heavy atom. The first-order valence-electron chi connectivity index (χ1n) is 5.87. The molecule has 1 rings (SSSR count). The molecule has 0 spiro atoms. The molecule has 0 aromatic carbocycles. The molecule has 17 heavy (non-hydrogen) atoms. The number of hydrogen-bond acceptors (Lipinski definition) is 2. The fourth-order valence-electron chi connectivity index (χ4n) is 1.88. The Bertz CT molecular complexity index is 480. The molecule has 0 bridgehead atoms. The Hall–Kier alpha value is -1.58. The molecule has 0 aliphatic rings. The molecule has 1 heterocycles. The Morgan fingerprint density at radius 2 is 2.00 bits per heavy atom. The van der Waals surface area contributed by atoms with E-state index in [2.05, 4.69) is 20.8 Å². The number of nitrogen functional groups attached to an aromatic ring is 1. The van der Waals surface area contributed by atoms with Gasteiger partial charge in [-0.2, -0.15) is 0 Å². The van der Waals surface area contributed by atoms with E-state index in [4.69, 9.17) is 11.1 Å². The van der Waals surface area contributed by atoms with Crippen LogP contribution in [0.25, 0.3) is 0 Å². The third-order valence-corrected chi connectivity index (χ3v) is 2.68. The summed E-state index contributed by atoms with van der Waals surface area (Å²) in [6.07, 6.45) is 0.879. The molecule has 0 aliphatic heterocycles. The SMILES string of the molecule is CCCn1c(C(C)(C)C)ccc(C(=N)N)c1=O. The van der Waals surface area contributed by atoms with Gasteiger partial charge < -0.3 is 10.3 Å². The van der Waals surface area contributed by atoms with Crippen molar-refractivity contribution in [3.05, 3.63) is 33.7 Å². The highest BCUT2D eigenvalue weighted by Gasteiger charge is 2.20. The molecule has 3 N–H and O–H groups in total. The quantitative estimate of drug-likeness (QED) is 0.620. The number of nitrogens with one attached hydrogen (secondary N) is 1. The first-order valence-corrected chi connectivity index (χ1v) is 5.87. The van der Waals surface area contributed by atoms with E-state index in [1.54, 1.807) is 10.6 Å². The van der Waals surface area contributed by atoms with Crippen LogP contribution in [0, 0.1) is 5.41 Å². The second kappa shape index (κ2) is 4.73. The Morgan fingerprint density at radius 3 is 2.41 bits per heavy atom. The van der Waals surface area contributed by atoms with Crippen molar-refractivity contribution in [2.45, 2.75) is 46.1 Å². The van der Waals surface area contributed by atoms with Crippen molar-refractivity contribution in [1.29, 1.82) is 5.41 Å². The minimum absolute atomic E-state index is 0.0936. The van der Waals surface area contributed by atoms with E-state index >= 15 is 0 Å². The van der Waals surface area contributed by atoms with E-state index in [0.717, 1.165) is 12.1 Å². The maximum absolute atomic E-state index is 12.2. The van der Waals surface area contributed by atoms with Crippen LogP contribution in [0.3, 0.4) is 0 Å². The number of aromatic nitrogens is 1. The zero-order chi connectivity index (χ0) is 13.2. The van der Waals surface area contributed by atoms with Crippen LogP contribution in [0.5, 0.6) is 0 Å². The molecule has 0 amide bonds. The zero-order valence-corrected chi connectivity index (χ0v) is 11.0. The molecular weight excluding hydrogens is 214 g/mol. The topological polar surface area (TPSA) is 71.9 Å². The summed E-state index contributed by atoms with van der Waals surface area (Å²) in [6.45, 7) is 8.90. The number of nitrogens with two attached hydrogens (primary N) is 1. The third kappa shape index (κ3) is 2.75. The van der Waals surface area contributed by atoms with E-state index in [1.807, 2.05) is 13.0 Å². The van der Waals surface area contributed by atoms with Gasteiger partial charge in [-0.15, -0.1) is 0 Å². The molecule has 1 aromatic heterocycles. The van der Waals surface area contributed by atoms with Gasteiger partial charge in [0.05, 0.1) is 5.56 Å². The number of hydrogen-bond donors (Lipinski definition) is 2. The van der Waals surface area contributed by atoms with E-state index in [1.165, 1.54) is 0 Å². The molecule has 0 fully saturated rings. The molecule has 1 aromatic rings. The maximum Gasteiger partial charge on any atom is 0.261 e. The number of nitrogens with zero attached hydrogens (tertiary/aromatic N) is 1. The average molecular weight is 235 g/mol. The molecule has 0 radical (unpaired) electrons. The van der Waals surface area contributed by atoms with Gasteiger partial charge in [0.1, 0.15) is 5.84 Å². The molecule has 0 saturated carbocycles. The highest BCUT2D eigenvalue weighted by atomic mass is 16.1. The smallest absolute Gasteiger partial charge is 0.261 e. The van der Waals surface area contributed by atoms with Crippen molar-refractivity contribution in [1.82, 2.24) is 4.57 Å². The molecule has 0 atom stereocenters. The molecule has 0 saturated heterocycles. The van der Waals surface area contributed by atoms with Crippen LogP contribution in [0.2, 0.25) is 0 Å². The van der Waals surface area contributed by atoms with Crippen molar-refractivity contribution in [2.75, 3.05) is 0 Å². The molecule has 4 nitrogen and oxygen atoms in total. The third-order valence-electron chi connectivity index (χ3n) is 2.68. The lowest BCUT2D eigenvalue weighted by Gasteiger charge is -2.24. The van der Waals surface area contributed by atoms with Gasteiger partial charge in [-0.3, -0.25) is 10.2 Å². The van der Waals surface area contributed by atoms with Crippen LogP contribution in [-0.4, -0.2) is 10.4 Å². The van der Waals surface area contributed by atoms with E-state index < -0.39 is 0 Å². The van der Waals surface area contributed by atoms with Crippen LogP contribution in [0.4, 0.5) is 0 Å². The van der Waals surface area contributed by atoms with Crippen molar-refractivity contribution in [2.24, 2.45) is 5.73 Å². The molecule has 4 heteroatoms. The Balaban J connectivity index is 3.51.